The van der Waals surface area contributed by atoms with Crippen molar-refractivity contribution in [1.82, 2.24) is 0 Å². The molecule has 0 fully saturated rings. The van der Waals surface area contributed by atoms with E-state index in [2.05, 4.69) is 47.0 Å². The van der Waals surface area contributed by atoms with Gasteiger partial charge in [0.2, 0.25) is 0 Å². The number of thiophene rings is 1. The first-order valence-electron chi connectivity index (χ1n) is 3.92. The number of hydrogen-bond acceptors (Lipinski definition) is 3. The summed E-state index contributed by atoms with van der Waals surface area (Å²) in [5, 5.41) is 10.0. The highest BCUT2D eigenvalue weighted by Gasteiger charge is 2.08. The molecule has 0 aliphatic heterocycles. The first-order valence-corrected chi connectivity index (χ1v) is 7.04. The lowest BCUT2D eigenvalue weighted by molar-refractivity contribution is 1.49. The van der Waals surface area contributed by atoms with Gasteiger partial charge >= 0.3 is 0 Å². The molecule has 0 N–H and O–H groups in total. The van der Waals surface area contributed by atoms with Crippen molar-refractivity contribution in [3.63, 3.8) is 0 Å². The van der Waals surface area contributed by atoms with E-state index in [1.165, 1.54) is 18.6 Å². The molecule has 0 saturated heterocycles. The van der Waals surface area contributed by atoms with Gasteiger partial charge in [-0.3, -0.25) is 0 Å². The van der Waals surface area contributed by atoms with Crippen molar-refractivity contribution >= 4 is 55.8 Å². The molecule has 1 aromatic heterocycles. The van der Waals surface area contributed by atoms with Gasteiger partial charge in [0.25, 0.3) is 0 Å². The zero-order valence-corrected chi connectivity index (χ0v) is 11.2. The maximum Gasteiger partial charge on any atom is 0.110 e. The number of nitriles is 1. The minimum atomic E-state index is 0.789. The van der Waals surface area contributed by atoms with Crippen molar-refractivity contribution in [2.24, 2.45) is 0 Å². The molecule has 2 rings (SSSR count). The molecule has 4 heteroatoms. The van der Waals surface area contributed by atoms with Crippen LogP contribution < -0.4 is 0 Å². The third kappa shape index (κ3) is 1.64. The molecule has 2 aromatic rings. The van der Waals surface area contributed by atoms with Crippen LogP contribution in [0.2, 0.25) is 0 Å². The Morgan fingerprint density at radius 1 is 1.50 bits per heavy atom. The standard InChI is InChI=1S/C10H6INS2/c1-13-10-7-4-6(5-12)14-9(7)3-2-8(10)11/h2-4H,1H3. The second kappa shape index (κ2) is 4.09. The summed E-state index contributed by atoms with van der Waals surface area (Å²) in [4.78, 5) is 2.07. The van der Waals surface area contributed by atoms with Crippen LogP contribution in [0, 0.1) is 14.9 Å². The van der Waals surface area contributed by atoms with E-state index in [0.717, 1.165) is 4.88 Å². The predicted octanol–water partition coefficient (Wildman–Crippen LogP) is 4.10. The van der Waals surface area contributed by atoms with Crippen LogP contribution in [0.4, 0.5) is 0 Å². The number of fused-ring (bicyclic) bond motifs is 1. The van der Waals surface area contributed by atoms with Crippen molar-refractivity contribution in [2.45, 2.75) is 4.90 Å². The lowest BCUT2D eigenvalue weighted by atomic mass is 10.2. The Morgan fingerprint density at radius 2 is 2.29 bits per heavy atom. The summed E-state index contributed by atoms with van der Waals surface area (Å²) >= 11 is 5.63. The van der Waals surface area contributed by atoms with E-state index in [0.29, 0.717) is 0 Å². The average Bonchev–Trinajstić information content (AvgIpc) is 2.60. The van der Waals surface area contributed by atoms with Gasteiger partial charge in [-0.2, -0.15) is 5.26 Å². The van der Waals surface area contributed by atoms with Crippen LogP contribution in [-0.2, 0) is 0 Å². The topological polar surface area (TPSA) is 23.8 Å². The molecule has 1 nitrogen and oxygen atoms in total. The number of rotatable bonds is 1. The van der Waals surface area contributed by atoms with Crippen LogP contribution in [0.25, 0.3) is 10.1 Å². The van der Waals surface area contributed by atoms with E-state index < -0.39 is 0 Å². The van der Waals surface area contributed by atoms with Crippen molar-refractivity contribution in [3.8, 4) is 6.07 Å². The Morgan fingerprint density at radius 3 is 2.93 bits per heavy atom. The molecule has 0 bridgehead atoms. The van der Waals surface area contributed by atoms with Crippen molar-refractivity contribution in [1.29, 1.82) is 5.26 Å². The van der Waals surface area contributed by atoms with Gasteiger partial charge in [-0.15, -0.1) is 23.1 Å². The lowest BCUT2D eigenvalue weighted by Gasteiger charge is -2.01. The molecule has 0 aliphatic carbocycles. The van der Waals surface area contributed by atoms with E-state index in [-0.39, 0.29) is 0 Å². The minimum absolute atomic E-state index is 0.789. The molecule has 0 spiro atoms. The van der Waals surface area contributed by atoms with Crippen LogP contribution in [0.3, 0.4) is 0 Å². The summed E-state index contributed by atoms with van der Waals surface area (Å²) in [6, 6.07) is 8.36. The van der Waals surface area contributed by atoms with Crippen LogP contribution in [0.15, 0.2) is 23.1 Å². The van der Waals surface area contributed by atoms with Crippen molar-refractivity contribution < 1.29 is 0 Å². The van der Waals surface area contributed by atoms with Gasteiger partial charge in [0.15, 0.2) is 0 Å². The minimum Gasteiger partial charge on any atom is -0.192 e. The van der Waals surface area contributed by atoms with E-state index in [4.69, 9.17) is 5.26 Å². The summed E-state index contributed by atoms with van der Waals surface area (Å²) in [7, 11) is 0. The lowest BCUT2D eigenvalue weighted by Crippen LogP contribution is -1.77. The van der Waals surface area contributed by atoms with Gasteiger partial charge in [0, 0.05) is 18.6 Å². The smallest absolute Gasteiger partial charge is 0.110 e. The van der Waals surface area contributed by atoms with Crippen LogP contribution in [0.1, 0.15) is 4.88 Å². The summed E-state index contributed by atoms with van der Waals surface area (Å²) < 4.78 is 2.45. The van der Waals surface area contributed by atoms with Crippen LogP contribution in [0.5, 0.6) is 0 Å². The van der Waals surface area contributed by atoms with Crippen LogP contribution in [-0.4, -0.2) is 6.26 Å². The highest BCUT2D eigenvalue weighted by molar-refractivity contribution is 14.1. The molecular formula is C10H6INS2. The Bertz CT molecular complexity index is 525. The van der Waals surface area contributed by atoms with Gasteiger partial charge in [-0.25, -0.2) is 0 Å². The number of nitrogens with zero attached hydrogens (tertiary/aromatic N) is 1. The summed E-state index contributed by atoms with van der Waals surface area (Å²) in [5.74, 6) is 0. The SMILES string of the molecule is CSc1c(I)ccc2sc(C#N)cc12. The third-order valence-electron chi connectivity index (χ3n) is 1.92. The summed E-state index contributed by atoms with van der Waals surface area (Å²) in [6.07, 6.45) is 2.07. The van der Waals surface area contributed by atoms with Crippen LogP contribution >= 0.6 is 45.7 Å². The fraction of sp³-hybridized carbons (Fsp3) is 0.100. The Balaban J connectivity index is 2.81. The zero-order chi connectivity index (χ0) is 10.1. The monoisotopic (exact) mass is 331 g/mol. The van der Waals surface area contributed by atoms with Gasteiger partial charge < -0.3 is 0 Å². The Hall–Kier alpha value is -0.250. The largest absolute Gasteiger partial charge is 0.192 e. The quantitative estimate of drug-likeness (QED) is 0.580. The highest BCUT2D eigenvalue weighted by Crippen LogP contribution is 2.35. The second-order valence-electron chi connectivity index (χ2n) is 2.71. The summed E-state index contributed by atoms with van der Waals surface area (Å²) in [6.45, 7) is 0. The fourth-order valence-corrected chi connectivity index (χ4v) is 4.04. The second-order valence-corrected chi connectivity index (χ2v) is 5.78. The number of halogens is 1. The molecule has 0 amide bonds. The Kier molecular flexibility index (Phi) is 3.00. The normalized spacial score (nSPS) is 10.4. The predicted molar refractivity (Wildman–Crippen MR) is 71.0 cm³/mol. The molecule has 0 saturated carbocycles. The number of hydrogen-bond donors (Lipinski definition) is 0. The maximum absolute atomic E-state index is 8.82. The average molecular weight is 331 g/mol. The first kappa shape index (κ1) is 10.3. The summed E-state index contributed by atoms with van der Waals surface area (Å²) in [5.41, 5.74) is 0. The Labute approximate surface area is 104 Å². The van der Waals surface area contributed by atoms with Gasteiger partial charge in [-0.05, 0) is 47.0 Å². The maximum atomic E-state index is 8.82. The van der Waals surface area contributed by atoms with Crippen molar-refractivity contribution in [3.05, 3.63) is 26.6 Å². The van der Waals surface area contributed by atoms with E-state index in [1.54, 1.807) is 23.1 Å². The van der Waals surface area contributed by atoms with E-state index in [1.807, 2.05) is 6.07 Å². The molecule has 0 radical (unpaired) electrons. The molecule has 14 heavy (non-hydrogen) atoms. The van der Waals surface area contributed by atoms with E-state index in [9.17, 15) is 0 Å². The zero-order valence-electron chi connectivity index (χ0n) is 7.37. The molecule has 1 aromatic carbocycles. The van der Waals surface area contributed by atoms with Gasteiger partial charge in [-0.1, -0.05) is 0 Å². The first-order chi connectivity index (χ1) is 6.76. The van der Waals surface area contributed by atoms with Crippen molar-refractivity contribution in [2.75, 3.05) is 6.26 Å². The number of thioether (sulfide) groups is 1. The molecule has 0 atom stereocenters. The number of benzene rings is 1. The van der Waals surface area contributed by atoms with Gasteiger partial charge in [0.1, 0.15) is 10.9 Å². The third-order valence-corrected chi connectivity index (χ3v) is 5.04. The van der Waals surface area contributed by atoms with E-state index >= 15 is 0 Å². The molecule has 0 unspecified atom stereocenters. The van der Waals surface area contributed by atoms with Gasteiger partial charge in [0.05, 0.1) is 0 Å². The molecule has 0 aliphatic rings. The highest BCUT2D eigenvalue weighted by atomic mass is 127. The molecule has 1 heterocycles. The molecule has 70 valence electrons. The fourth-order valence-electron chi connectivity index (χ4n) is 1.32. The molecular weight excluding hydrogens is 325 g/mol.